The van der Waals surface area contributed by atoms with E-state index < -0.39 is 0 Å². The second kappa shape index (κ2) is 8.73. The Bertz CT molecular complexity index is 869. The number of aliphatic hydroxyl groups excluding tert-OH is 1. The van der Waals surface area contributed by atoms with Gasteiger partial charge in [0.15, 0.2) is 0 Å². The van der Waals surface area contributed by atoms with Gasteiger partial charge in [0.2, 0.25) is 0 Å². The van der Waals surface area contributed by atoms with Crippen molar-refractivity contribution in [3.05, 3.63) is 46.2 Å². The van der Waals surface area contributed by atoms with Crippen LogP contribution < -0.4 is 9.80 Å². The lowest BCUT2D eigenvalue weighted by Gasteiger charge is -2.36. The molecule has 1 aromatic heterocycles. The molecular weight excluding hydrogens is 413 g/mol. The van der Waals surface area contributed by atoms with Gasteiger partial charge in [0, 0.05) is 38.8 Å². The van der Waals surface area contributed by atoms with Gasteiger partial charge in [0.1, 0.15) is 18.0 Å². The summed E-state index contributed by atoms with van der Waals surface area (Å²) in [5.41, 5.74) is 0.359. The van der Waals surface area contributed by atoms with Gasteiger partial charge >= 0.3 is 0 Å². The highest BCUT2D eigenvalue weighted by molar-refractivity contribution is 6.39. The van der Waals surface area contributed by atoms with Crippen LogP contribution in [0.5, 0.6) is 0 Å². The highest BCUT2D eigenvalue weighted by Crippen LogP contribution is 2.28. The first-order valence-corrected chi connectivity index (χ1v) is 10.5. The average Bonchev–Trinajstić information content (AvgIpc) is 3.23. The van der Waals surface area contributed by atoms with Gasteiger partial charge in [-0.1, -0.05) is 29.3 Å². The average molecular weight is 436 g/mol. The molecule has 1 unspecified atom stereocenters. The topological polar surface area (TPSA) is 72.8 Å². The van der Waals surface area contributed by atoms with E-state index in [4.69, 9.17) is 23.2 Å². The summed E-state index contributed by atoms with van der Waals surface area (Å²) in [6.45, 7) is 3.46. The monoisotopic (exact) mass is 435 g/mol. The lowest BCUT2D eigenvalue weighted by Crippen LogP contribution is -2.49. The molecule has 7 nitrogen and oxygen atoms in total. The fraction of sp³-hybridized carbons (Fsp3) is 0.450. The Morgan fingerprint density at radius 3 is 2.45 bits per heavy atom. The number of piperazine rings is 1. The van der Waals surface area contributed by atoms with Crippen LogP contribution in [0.15, 0.2) is 30.6 Å². The Morgan fingerprint density at radius 1 is 1.07 bits per heavy atom. The fourth-order valence-corrected chi connectivity index (χ4v) is 4.55. The molecule has 0 spiro atoms. The lowest BCUT2D eigenvalue weighted by atomic mass is 10.1. The number of carbonyl (C=O) groups is 1. The Morgan fingerprint density at radius 2 is 1.76 bits per heavy atom. The van der Waals surface area contributed by atoms with E-state index in [1.165, 1.54) is 0 Å². The molecule has 2 aliphatic rings. The first-order chi connectivity index (χ1) is 14.1. The summed E-state index contributed by atoms with van der Waals surface area (Å²) in [5.74, 6) is 1.53. The molecule has 3 heterocycles. The van der Waals surface area contributed by atoms with Crippen molar-refractivity contribution in [3.63, 3.8) is 0 Å². The minimum Gasteiger partial charge on any atom is -0.394 e. The van der Waals surface area contributed by atoms with Crippen LogP contribution in [-0.4, -0.2) is 71.3 Å². The van der Waals surface area contributed by atoms with Crippen LogP contribution in [0.25, 0.3) is 0 Å². The van der Waals surface area contributed by atoms with Gasteiger partial charge in [-0.05, 0) is 25.0 Å². The number of nitrogens with zero attached hydrogens (tertiary/aromatic N) is 5. The molecule has 1 amide bonds. The molecule has 4 rings (SSSR count). The minimum absolute atomic E-state index is 0.118. The molecule has 0 aliphatic carbocycles. The van der Waals surface area contributed by atoms with Gasteiger partial charge in [-0.15, -0.1) is 0 Å². The van der Waals surface area contributed by atoms with E-state index in [-0.39, 0.29) is 18.6 Å². The van der Waals surface area contributed by atoms with E-state index in [1.807, 2.05) is 6.07 Å². The predicted octanol–water partition coefficient (Wildman–Crippen LogP) is 2.71. The Hall–Kier alpha value is -2.09. The maximum Gasteiger partial charge on any atom is 0.257 e. The summed E-state index contributed by atoms with van der Waals surface area (Å²) in [4.78, 5) is 27.7. The van der Waals surface area contributed by atoms with Crippen molar-refractivity contribution in [3.8, 4) is 0 Å². The van der Waals surface area contributed by atoms with E-state index in [0.29, 0.717) is 41.8 Å². The molecule has 9 heteroatoms. The van der Waals surface area contributed by atoms with Crippen molar-refractivity contribution in [2.45, 2.75) is 18.9 Å². The highest BCUT2D eigenvalue weighted by atomic mass is 35.5. The number of aromatic nitrogens is 2. The summed E-state index contributed by atoms with van der Waals surface area (Å²) < 4.78 is 0. The Kier molecular flexibility index (Phi) is 6.08. The number of hydrogen-bond acceptors (Lipinski definition) is 6. The quantitative estimate of drug-likeness (QED) is 0.795. The van der Waals surface area contributed by atoms with Crippen LogP contribution in [0.1, 0.15) is 23.2 Å². The van der Waals surface area contributed by atoms with Crippen LogP contribution >= 0.6 is 23.2 Å². The predicted molar refractivity (Wildman–Crippen MR) is 114 cm³/mol. The number of carbonyl (C=O) groups excluding carboxylic acids is 1. The Labute approximate surface area is 179 Å². The number of benzene rings is 1. The van der Waals surface area contributed by atoms with Gasteiger partial charge < -0.3 is 19.8 Å². The van der Waals surface area contributed by atoms with E-state index >= 15 is 0 Å². The van der Waals surface area contributed by atoms with Crippen molar-refractivity contribution in [2.24, 2.45) is 0 Å². The van der Waals surface area contributed by atoms with Crippen molar-refractivity contribution in [1.82, 2.24) is 14.9 Å². The fourth-order valence-electron chi connectivity index (χ4n) is 3.99. The van der Waals surface area contributed by atoms with E-state index in [0.717, 1.165) is 31.0 Å². The van der Waals surface area contributed by atoms with Gasteiger partial charge in [-0.3, -0.25) is 4.79 Å². The molecule has 154 valence electrons. The van der Waals surface area contributed by atoms with Crippen molar-refractivity contribution < 1.29 is 9.90 Å². The van der Waals surface area contributed by atoms with Gasteiger partial charge in [-0.2, -0.15) is 0 Å². The third-order valence-corrected chi connectivity index (χ3v) is 6.22. The highest BCUT2D eigenvalue weighted by Gasteiger charge is 2.28. The third kappa shape index (κ3) is 4.13. The normalized spacial score (nSPS) is 19.7. The molecule has 2 saturated heterocycles. The number of anilines is 2. The third-order valence-electron chi connectivity index (χ3n) is 5.59. The smallest absolute Gasteiger partial charge is 0.257 e. The van der Waals surface area contributed by atoms with Crippen LogP contribution in [-0.2, 0) is 0 Å². The number of aliphatic hydroxyl groups is 1. The first kappa shape index (κ1) is 20.2. The van der Waals surface area contributed by atoms with Gasteiger partial charge in [-0.25, -0.2) is 9.97 Å². The molecule has 2 aliphatic heterocycles. The van der Waals surface area contributed by atoms with E-state index in [2.05, 4.69) is 19.8 Å². The zero-order chi connectivity index (χ0) is 20.4. The molecular formula is C20H23Cl2N5O2. The van der Waals surface area contributed by atoms with Crippen LogP contribution in [0.4, 0.5) is 11.6 Å². The SMILES string of the molecule is O=C(c1c(Cl)cccc1Cl)N1CCN(c2cc(N3CCCC3CO)ncn2)CC1. The van der Waals surface area contributed by atoms with Crippen LogP contribution in [0, 0.1) is 0 Å². The molecule has 1 atom stereocenters. The van der Waals surface area contributed by atoms with E-state index in [1.54, 1.807) is 29.4 Å². The first-order valence-electron chi connectivity index (χ1n) is 9.76. The second-order valence-corrected chi connectivity index (χ2v) is 8.10. The second-order valence-electron chi connectivity index (χ2n) is 7.28. The molecule has 0 bridgehead atoms. The summed E-state index contributed by atoms with van der Waals surface area (Å²) in [6, 6.07) is 7.17. The summed E-state index contributed by atoms with van der Waals surface area (Å²) >= 11 is 12.4. The number of amides is 1. The summed E-state index contributed by atoms with van der Waals surface area (Å²) in [6.07, 6.45) is 3.59. The van der Waals surface area contributed by atoms with Gasteiger partial charge in [0.25, 0.3) is 5.91 Å². The zero-order valence-corrected chi connectivity index (χ0v) is 17.5. The van der Waals surface area contributed by atoms with Crippen molar-refractivity contribution in [1.29, 1.82) is 0 Å². The lowest BCUT2D eigenvalue weighted by molar-refractivity contribution is 0.0747. The van der Waals surface area contributed by atoms with Crippen molar-refractivity contribution in [2.75, 3.05) is 49.1 Å². The standard InChI is InChI=1S/C20H23Cl2N5O2/c21-15-4-1-5-16(22)19(15)20(29)26-9-7-25(8-10-26)17-11-18(24-13-23-17)27-6-2-3-14(27)12-28/h1,4-5,11,13-14,28H,2-3,6-10,12H2. The Balaban J connectivity index is 1.44. The van der Waals surface area contributed by atoms with Crippen molar-refractivity contribution >= 4 is 40.7 Å². The number of halogens is 2. The zero-order valence-electron chi connectivity index (χ0n) is 16.0. The minimum atomic E-state index is -0.147. The molecule has 29 heavy (non-hydrogen) atoms. The summed E-state index contributed by atoms with van der Waals surface area (Å²) in [5, 5.41) is 10.3. The van der Waals surface area contributed by atoms with Gasteiger partial charge in [0.05, 0.1) is 28.3 Å². The van der Waals surface area contributed by atoms with Crippen LogP contribution in [0.2, 0.25) is 10.0 Å². The largest absolute Gasteiger partial charge is 0.394 e. The molecule has 1 N–H and O–H groups in total. The summed E-state index contributed by atoms with van der Waals surface area (Å²) in [7, 11) is 0. The molecule has 2 fully saturated rings. The molecule has 0 saturated carbocycles. The molecule has 1 aromatic carbocycles. The van der Waals surface area contributed by atoms with E-state index in [9.17, 15) is 9.90 Å². The molecule has 0 radical (unpaired) electrons. The number of rotatable bonds is 4. The number of hydrogen-bond donors (Lipinski definition) is 1. The maximum absolute atomic E-state index is 12.9. The van der Waals surface area contributed by atoms with Crippen LogP contribution in [0.3, 0.4) is 0 Å². The molecule has 2 aromatic rings. The maximum atomic E-state index is 12.9.